The van der Waals surface area contributed by atoms with Crippen LogP contribution < -0.4 is 4.90 Å². The molecule has 32 heavy (non-hydrogen) atoms. The Hall–Kier alpha value is -2.77. The first-order chi connectivity index (χ1) is 15.7. The number of hydrogen-bond acceptors (Lipinski definition) is 6. The van der Waals surface area contributed by atoms with Crippen LogP contribution in [0.1, 0.15) is 29.9 Å². The van der Waals surface area contributed by atoms with Gasteiger partial charge in [-0.05, 0) is 48.6 Å². The highest BCUT2D eigenvalue weighted by atomic mass is 19.1. The largest absolute Gasteiger partial charge is 0.378 e. The number of pyridine rings is 1. The highest BCUT2D eigenvalue weighted by Gasteiger charge is 2.30. The van der Waals surface area contributed by atoms with Crippen LogP contribution in [0.5, 0.6) is 0 Å². The predicted octanol–water partition coefficient (Wildman–Crippen LogP) is 3.47. The van der Waals surface area contributed by atoms with Crippen molar-refractivity contribution in [2.24, 2.45) is 4.99 Å². The Balaban J connectivity index is 1.31. The molecule has 1 aromatic heterocycles. The lowest BCUT2D eigenvalue weighted by molar-refractivity contribution is 0.0703. The van der Waals surface area contributed by atoms with Crippen LogP contribution >= 0.6 is 0 Å². The summed E-state index contributed by atoms with van der Waals surface area (Å²) in [6.07, 6.45) is 8.90. The summed E-state index contributed by atoms with van der Waals surface area (Å²) in [5.74, 6) is 0.134. The van der Waals surface area contributed by atoms with Gasteiger partial charge in [-0.3, -0.25) is 9.88 Å². The van der Waals surface area contributed by atoms with Gasteiger partial charge < -0.3 is 14.5 Å². The van der Waals surface area contributed by atoms with Crippen molar-refractivity contribution in [1.29, 1.82) is 0 Å². The molecule has 3 aliphatic rings. The van der Waals surface area contributed by atoms with Gasteiger partial charge in [0.05, 0.1) is 25.1 Å². The molecule has 1 aromatic carbocycles. The average molecular weight is 436 g/mol. The molecule has 0 aliphatic carbocycles. The number of aromatic nitrogens is 1. The average Bonchev–Trinajstić information content (AvgIpc) is 2.85. The van der Waals surface area contributed by atoms with E-state index < -0.39 is 0 Å². The smallest absolute Gasteiger partial charge is 0.178 e. The maximum atomic E-state index is 14.3. The number of ether oxygens (including phenoxy) is 1. The number of rotatable bonds is 4. The summed E-state index contributed by atoms with van der Waals surface area (Å²) in [4.78, 5) is 15.7. The summed E-state index contributed by atoms with van der Waals surface area (Å²) in [6.45, 7) is 5.44. The van der Waals surface area contributed by atoms with Gasteiger partial charge in [-0.1, -0.05) is 12.1 Å². The van der Waals surface area contributed by atoms with Crippen molar-refractivity contribution in [3.05, 3.63) is 71.9 Å². The van der Waals surface area contributed by atoms with Crippen molar-refractivity contribution in [3.8, 4) is 0 Å². The molecule has 2 saturated heterocycles. The molecule has 5 rings (SSSR count). The van der Waals surface area contributed by atoms with Crippen molar-refractivity contribution in [2.75, 3.05) is 51.3 Å². The maximum Gasteiger partial charge on any atom is 0.178 e. The Kier molecular flexibility index (Phi) is 6.19. The summed E-state index contributed by atoms with van der Waals surface area (Å²) in [7, 11) is 2.03. The lowest BCUT2D eigenvalue weighted by Gasteiger charge is -2.41. The van der Waals surface area contributed by atoms with Crippen LogP contribution in [0, 0.1) is 5.82 Å². The van der Waals surface area contributed by atoms with Crippen molar-refractivity contribution in [3.63, 3.8) is 0 Å². The molecule has 0 saturated carbocycles. The SMILES string of the molecule is CN1C=CC(c2ccncc2F)=NC1N1CCCC(c2ccc(N3CCOCC3)cc2)C1. The third-order valence-electron chi connectivity index (χ3n) is 6.65. The van der Waals surface area contributed by atoms with Crippen molar-refractivity contribution in [2.45, 2.75) is 25.0 Å². The second kappa shape index (κ2) is 9.38. The molecule has 0 radical (unpaired) electrons. The molecule has 168 valence electrons. The first-order valence-electron chi connectivity index (χ1n) is 11.4. The monoisotopic (exact) mass is 435 g/mol. The van der Waals surface area contributed by atoms with Gasteiger partial charge in [-0.15, -0.1) is 0 Å². The minimum Gasteiger partial charge on any atom is -0.378 e. The molecule has 2 unspecified atom stereocenters. The Bertz CT molecular complexity index is 986. The second-order valence-electron chi connectivity index (χ2n) is 8.72. The number of piperidine rings is 1. The maximum absolute atomic E-state index is 14.3. The zero-order chi connectivity index (χ0) is 21.9. The fourth-order valence-corrected chi connectivity index (χ4v) is 4.87. The first kappa shape index (κ1) is 21.1. The van der Waals surface area contributed by atoms with Gasteiger partial charge >= 0.3 is 0 Å². The van der Waals surface area contributed by atoms with E-state index in [1.807, 2.05) is 19.3 Å². The van der Waals surface area contributed by atoms with Crippen molar-refractivity contribution < 1.29 is 9.13 Å². The third kappa shape index (κ3) is 4.40. The quantitative estimate of drug-likeness (QED) is 0.736. The topological polar surface area (TPSA) is 44.2 Å². The van der Waals surface area contributed by atoms with E-state index in [9.17, 15) is 4.39 Å². The molecular weight excluding hydrogens is 405 g/mol. The molecule has 6 nitrogen and oxygen atoms in total. The van der Waals surface area contributed by atoms with Crippen LogP contribution in [0.15, 0.2) is 60.0 Å². The van der Waals surface area contributed by atoms with Crippen LogP contribution in [-0.2, 0) is 4.74 Å². The standard InChI is InChI=1S/C25H30FN5O/c1-29-12-9-24(22-8-10-27-17-23(22)26)28-25(29)31-11-2-3-20(18-31)19-4-6-21(7-5-19)30-13-15-32-16-14-30/h4-10,12,17,20,25H,2-3,11,13-16,18H2,1H3. The number of likely N-dealkylation sites (tertiary alicyclic amines) is 1. The van der Waals surface area contributed by atoms with Crippen LogP contribution in [-0.4, -0.2) is 73.2 Å². The first-order valence-corrected chi connectivity index (χ1v) is 11.4. The van der Waals surface area contributed by atoms with Gasteiger partial charge in [0.1, 0.15) is 0 Å². The third-order valence-corrected chi connectivity index (χ3v) is 6.65. The molecular formula is C25H30FN5O. The molecule has 3 aliphatic heterocycles. The van der Waals surface area contributed by atoms with Crippen LogP contribution in [0.4, 0.5) is 10.1 Å². The Morgan fingerprint density at radius 1 is 1.06 bits per heavy atom. The second-order valence-corrected chi connectivity index (χ2v) is 8.72. The van der Waals surface area contributed by atoms with E-state index >= 15 is 0 Å². The number of hydrogen-bond donors (Lipinski definition) is 0. The summed E-state index contributed by atoms with van der Waals surface area (Å²) in [6, 6.07) is 10.7. The van der Waals surface area contributed by atoms with Gasteiger partial charge in [-0.25, -0.2) is 9.38 Å². The van der Waals surface area contributed by atoms with E-state index in [0.29, 0.717) is 17.2 Å². The van der Waals surface area contributed by atoms with Gasteiger partial charge in [0, 0.05) is 56.9 Å². The Morgan fingerprint density at radius 3 is 2.66 bits per heavy atom. The molecule has 4 heterocycles. The number of morpholine rings is 1. The molecule has 0 N–H and O–H groups in total. The molecule has 2 atom stereocenters. The van der Waals surface area contributed by atoms with E-state index in [1.54, 1.807) is 12.3 Å². The molecule has 0 amide bonds. The number of nitrogens with zero attached hydrogens (tertiary/aromatic N) is 5. The number of anilines is 1. The van der Waals surface area contributed by atoms with Gasteiger partial charge in [0.15, 0.2) is 12.1 Å². The van der Waals surface area contributed by atoms with E-state index in [4.69, 9.17) is 9.73 Å². The molecule has 2 aromatic rings. The fourth-order valence-electron chi connectivity index (χ4n) is 4.87. The number of allylic oxidation sites excluding steroid dienone is 1. The van der Waals surface area contributed by atoms with E-state index in [2.05, 4.69) is 43.9 Å². The minimum atomic E-state index is -0.337. The zero-order valence-electron chi connectivity index (χ0n) is 18.5. The molecule has 0 spiro atoms. The lowest BCUT2D eigenvalue weighted by atomic mass is 9.90. The number of benzene rings is 1. The highest BCUT2D eigenvalue weighted by Crippen LogP contribution is 2.31. The number of halogens is 1. The zero-order valence-corrected chi connectivity index (χ0v) is 18.5. The van der Waals surface area contributed by atoms with E-state index in [0.717, 1.165) is 45.8 Å². The summed E-state index contributed by atoms with van der Waals surface area (Å²) in [5.41, 5.74) is 3.83. The van der Waals surface area contributed by atoms with Gasteiger partial charge in [0.2, 0.25) is 0 Å². The molecule has 7 heteroatoms. The Labute approximate surface area is 189 Å². The fraction of sp³-hybridized carbons (Fsp3) is 0.440. The van der Waals surface area contributed by atoms with Crippen molar-refractivity contribution in [1.82, 2.24) is 14.8 Å². The minimum absolute atomic E-state index is 0.127. The van der Waals surface area contributed by atoms with E-state index in [1.165, 1.54) is 23.9 Å². The molecule has 2 fully saturated rings. The van der Waals surface area contributed by atoms with Crippen molar-refractivity contribution >= 4 is 11.4 Å². The molecule has 0 bridgehead atoms. The highest BCUT2D eigenvalue weighted by molar-refractivity contribution is 6.09. The Morgan fingerprint density at radius 2 is 1.88 bits per heavy atom. The normalized spacial score (nSPS) is 24.5. The lowest BCUT2D eigenvalue weighted by Crippen LogP contribution is -2.49. The van der Waals surface area contributed by atoms with Gasteiger partial charge in [0.25, 0.3) is 0 Å². The van der Waals surface area contributed by atoms with Crippen LogP contribution in [0.25, 0.3) is 0 Å². The summed E-state index contributed by atoms with van der Waals surface area (Å²) < 4.78 is 19.7. The predicted molar refractivity (Wildman–Crippen MR) is 124 cm³/mol. The van der Waals surface area contributed by atoms with E-state index in [-0.39, 0.29) is 12.1 Å². The van der Waals surface area contributed by atoms with Crippen LogP contribution in [0.3, 0.4) is 0 Å². The van der Waals surface area contributed by atoms with Gasteiger partial charge in [-0.2, -0.15) is 0 Å². The summed E-state index contributed by atoms with van der Waals surface area (Å²) >= 11 is 0. The van der Waals surface area contributed by atoms with Crippen LogP contribution in [0.2, 0.25) is 0 Å². The summed E-state index contributed by atoms with van der Waals surface area (Å²) in [5, 5.41) is 0. The number of aliphatic imine (C=N–C) groups is 1.